The number of hydrogen-bond acceptors (Lipinski definition) is 8. The van der Waals surface area contributed by atoms with Crippen LogP contribution in [0.1, 0.15) is 53.0 Å². The van der Waals surface area contributed by atoms with E-state index in [4.69, 9.17) is 16.2 Å². The first kappa shape index (κ1) is 26.6. The van der Waals surface area contributed by atoms with E-state index in [9.17, 15) is 22.8 Å². The number of carbonyl (C=O) groups excluding carboxylic acids is 2. The van der Waals surface area contributed by atoms with E-state index in [1.54, 1.807) is 13.8 Å². The molecule has 13 heteroatoms. The van der Waals surface area contributed by atoms with Gasteiger partial charge in [0.05, 0.1) is 24.3 Å². The van der Waals surface area contributed by atoms with Crippen LogP contribution in [-0.4, -0.2) is 71.1 Å². The molecule has 5 N–H and O–H groups in total. The fraction of sp³-hybridized carbons (Fsp3) is 0.500. The zero-order valence-electron chi connectivity index (χ0n) is 20.6. The lowest BCUT2D eigenvalue weighted by molar-refractivity contribution is -0.137. The molecule has 2 aliphatic heterocycles. The van der Waals surface area contributed by atoms with Crippen LogP contribution >= 0.6 is 0 Å². The van der Waals surface area contributed by atoms with E-state index >= 15 is 0 Å². The van der Waals surface area contributed by atoms with E-state index in [2.05, 4.69) is 15.3 Å². The molecule has 1 aromatic carbocycles. The van der Waals surface area contributed by atoms with Gasteiger partial charge in [-0.2, -0.15) is 18.2 Å². The Morgan fingerprint density at radius 2 is 1.97 bits per heavy atom. The van der Waals surface area contributed by atoms with Gasteiger partial charge in [0.1, 0.15) is 11.4 Å². The van der Waals surface area contributed by atoms with Crippen molar-refractivity contribution in [1.29, 1.82) is 0 Å². The first-order valence-corrected chi connectivity index (χ1v) is 11.9. The number of benzene rings is 1. The Hall–Kier alpha value is -3.45. The number of nitrogens with one attached hydrogen (secondary N) is 1. The summed E-state index contributed by atoms with van der Waals surface area (Å²) in [5.74, 6) is -1.23. The highest BCUT2D eigenvalue weighted by Gasteiger charge is 2.37. The maximum atomic E-state index is 13.8. The highest BCUT2D eigenvalue weighted by molar-refractivity contribution is 5.99. The summed E-state index contributed by atoms with van der Waals surface area (Å²) in [6.45, 7) is 5.48. The van der Waals surface area contributed by atoms with Gasteiger partial charge < -0.3 is 31.3 Å². The number of rotatable bonds is 5. The Morgan fingerprint density at radius 3 is 2.62 bits per heavy atom. The minimum atomic E-state index is -4.72. The Balaban J connectivity index is 1.73. The van der Waals surface area contributed by atoms with Crippen LogP contribution in [0.4, 0.5) is 30.6 Å². The van der Waals surface area contributed by atoms with E-state index in [1.165, 1.54) is 17.2 Å². The number of nitrogens with zero attached hydrogens (tertiary/aromatic N) is 4. The van der Waals surface area contributed by atoms with Gasteiger partial charge >= 0.3 is 6.18 Å². The molecular formula is C24H30F3N7O3. The molecule has 1 atom stereocenters. The number of alkyl halides is 3. The molecule has 37 heavy (non-hydrogen) atoms. The highest BCUT2D eigenvalue weighted by atomic mass is 19.4. The van der Waals surface area contributed by atoms with Crippen molar-refractivity contribution in [2.24, 2.45) is 11.5 Å². The Kier molecular flexibility index (Phi) is 7.29. The first-order valence-electron chi connectivity index (χ1n) is 11.9. The average molecular weight is 522 g/mol. The van der Waals surface area contributed by atoms with E-state index in [1.807, 2.05) is 4.90 Å². The molecule has 10 nitrogen and oxygen atoms in total. The molecule has 0 spiro atoms. The van der Waals surface area contributed by atoms with Crippen LogP contribution in [0.2, 0.25) is 0 Å². The summed E-state index contributed by atoms with van der Waals surface area (Å²) < 4.78 is 46.8. The average Bonchev–Trinajstić information content (AvgIpc) is 2.82. The molecule has 2 fully saturated rings. The predicted molar refractivity (Wildman–Crippen MR) is 131 cm³/mol. The van der Waals surface area contributed by atoms with Gasteiger partial charge in [0, 0.05) is 43.1 Å². The van der Waals surface area contributed by atoms with Crippen molar-refractivity contribution >= 4 is 29.3 Å². The number of amides is 2. The minimum Gasteiger partial charge on any atom is -0.377 e. The van der Waals surface area contributed by atoms with Gasteiger partial charge in [-0.15, -0.1) is 0 Å². The zero-order chi connectivity index (χ0) is 27.0. The summed E-state index contributed by atoms with van der Waals surface area (Å²) in [4.78, 5) is 37.3. The Morgan fingerprint density at radius 1 is 1.22 bits per heavy atom. The fourth-order valence-electron chi connectivity index (χ4n) is 4.51. The lowest BCUT2D eigenvalue weighted by Gasteiger charge is -2.42. The number of carbonyl (C=O) groups is 2. The zero-order valence-corrected chi connectivity index (χ0v) is 20.6. The van der Waals surface area contributed by atoms with Crippen molar-refractivity contribution in [3.63, 3.8) is 0 Å². The Labute approximate surface area is 212 Å². The number of hydrogen-bond donors (Lipinski definition) is 3. The number of ether oxygens (including phenoxy) is 1. The van der Waals surface area contributed by atoms with Crippen LogP contribution in [0, 0.1) is 0 Å². The van der Waals surface area contributed by atoms with Crippen molar-refractivity contribution < 1.29 is 27.5 Å². The van der Waals surface area contributed by atoms with Gasteiger partial charge in [-0.1, -0.05) is 0 Å². The maximum Gasteiger partial charge on any atom is 0.416 e. The van der Waals surface area contributed by atoms with Gasteiger partial charge in [0.2, 0.25) is 5.95 Å². The maximum absolute atomic E-state index is 13.8. The standard InChI is InChI=1S/C24H30F3N7O3/c1-23(2)13-37-7-6-34(23)21(36)14-8-15(24(25,26)27)10-17(9-14)31-20-18(19(29)35)11-30-22(32-20)33-5-3-4-16(28)12-33/h8-11,16H,3-7,12-13,28H2,1-2H3,(H2,29,35)(H,30,31,32). The van der Waals surface area contributed by atoms with Crippen molar-refractivity contribution in [1.82, 2.24) is 14.9 Å². The number of anilines is 3. The van der Waals surface area contributed by atoms with Gasteiger partial charge in [-0.3, -0.25) is 9.59 Å². The lowest BCUT2D eigenvalue weighted by atomic mass is 9.99. The number of nitrogens with two attached hydrogens (primary N) is 2. The number of aromatic nitrogens is 2. The van der Waals surface area contributed by atoms with Crippen molar-refractivity contribution in [3.05, 3.63) is 41.1 Å². The first-order chi connectivity index (χ1) is 17.3. The molecule has 1 unspecified atom stereocenters. The molecule has 2 amide bonds. The summed E-state index contributed by atoms with van der Waals surface area (Å²) in [5.41, 5.74) is 9.45. The molecular weight excluding hydrogens is 491 g/mol. The molecule has 1 aromatic heterocycles. The number of piperidine rings is 1. The van der Waals surface area contributed by atoms with Crippen LogP contribution in [0.3, 0.4) is 0 Å². The summed E-state index contributed by atoms with van der Waals surface area (Å²) in [5, 5.41) is 2.77. The van der Waals surface area contributed by atoms with Crippen LogP contribution in [0.15, 0.2) is 24.4 Å². The third-order valence-corrected chi connectivity index (χ3v) is 6.44. The molecule has 3 heterocycles. The number of primary amides is 1. The smallest absolute Gasteiger partial charge is 0.377 e. The van der Waals surface area contributed by atoms with Crippen molar-refractivity contribution in [3.8, 4) is 0 Å². The van der Waals surface area contributed by atoms with Gasteiger partial charge in [0.25, 0.3) is 11.8 Å². The molecule has 0 bridgehead atoms. The quantitative estimate of drug-likeness (QED) is 0.545. The van der Waals surface area contributed by atoms with Crippen molar-refractivity contribution in [2.45, 2.75) is 44.4 Å². The van der Waals surface area contributed by atoms with Gasteiger partial charge in [-0.05, 0) is 44.9 Å². The molecule has 0 saturated carbocycles. The summed E-state index contributed by atoms with van der Waals surface area (Å²) in [6.07, 6.45) is -1.83. The van der Waals surface area contributed by atoms with E-state index < -0.39 is 29.1 Å². The molecule has 2 aliphatic rings. The van der Waals surface area contributed by atoms with Crippen LogP contribution in [0.5, 0.6) is 0 Å². The monoisotopic (exact) mass is 521 g/mol. The Bertz CT molecular complexity index is 1190. The normalized spacial score (nSPS) is 20.0. The molecule has 0 radical (unpaired) electrons. The summed E-state index contributed by atoms with van der Waals surface area (Å²) in [7, 11) is 0. The second-order valence-corrected chi connectivity index (χ2v) is 9.89. The topological polar surface area (TPSA) is 140 Å². The minimum absolute atomic E-state index is 0.0685. The van der Waals surface area contributed by atoms with E-state index in [-0.39, 0.29) is 54.4 Å². The molecule has 0 aliphatic carbocycles. The highest BCUT2D eigenvalue weighted by Crippen LogP contribution is 2.34. The van der Waals surface area contributed by atoms with E-state index in [0.717, 1.165) is 25.0 Å². The van der Waals surface area contributed by atoms with Crippen LogP contribution < -0.4 is 21.7 Å². The number of halogens is 3. The number of morpholine rings is 1. The van der Waals surface area contributed by atoms with E-state index in [0.29, 0.717) is 13.1 Å². The second-order valence-electron chi connectivity index (χ2n) is 9.89. The molecule has 2 aromatic rings. The van der Waals surface area contributed by atoms with Crippen LogP contribution in [-0.2, 0) is 10.9 Å². The SMILES string of the molecule is CC1(C)COCCN1C(=O)c1cc(Nc2nc(N3CCCC(N)C3)ncc2C(N)=O)cc(C(F)(F)F)c1. The van der Waals surface area contributed by atoms with Gasteiger partial charge in [0.15, 0.2) is 0 Å². The molecule has 2 saturated heterocycles. The van der Waals surface area contributed by atoms with Crippen LogP contribution in [0.25, 0.3) is 0 Å². The van der Waals surface area contributed by atoms with Crippen molar-refractivity contribution in [2.75, 3.05) is 43.1 Å². The third-order valence-electron chi connectivity index (χ3n) is 6.44. The van der Waals surface area contributed by atoms with Gasteiger partial charge in [-0.25, -0.2) is 4.98 Å². The fourth-order valence-corrected chi connectivity index (χ4v) is 4.51. The largest absolute Gasteiger partial charge is 0.416 e. The predicted octanol–water partition coefficient (Wildman–Crippen LogP) is 2.52. The molecule has 200 valence electrons. The second kappa shape index (κ2) is 10.1. The lowest BCUT2D eigenvalue weighted by Crippen LogP contribution is -2.55. The summed E-state index contributed by atoms with van der Waals surface area (Å²) in [6, 6.07) is 2.89. The third kappa shape index (κ3) is 5.93. The summed E-state index contributed by atoms with van der Waals surface area (Å²) >= 11 is 0. The molecule has 4 rings (SSSR count).